The first-order valence-electron chi connectivity index (χ1n) is 12.2. The highest BCUT2D eigenvalue weighted by Crippen LogP contribution is 2.41. The Hall–Kier alpha value is -3.42. The van der Waals surface area contributed by atoms with Crippen LogP contribution >= 0.6 is 27.3 Å². The van der Waals surface area contributed by atoms with Gasteiger partial charge in [-0.1, -0.05) is 52.3 Å². The number of hydrogen-bond donors (Lipinski definition) is 1. The zero-order chi connectivity index (χ0) is 25.6. The third-order valence-electron chi connectivity index (χ3n) is 6.26. The smallest absolute Gasteiger partial charge is 0.259 e. The van der Waals surface area contributed by atoms with E-state index in [9.17, 15) is 4.79 Å². The van der Waals surface area contributed by atoms with E-state index in [1.54, 1.807) is 24.7 Å². The molecule has 0 atom stereocenters. The normalized spacial score (nSPS) is 12.8. The van der Waals surface area contributed by atoms with E-state index in [-0.39, 0.29) is 5.91 Å². The Morgan fingerprint density at radius 3 is 2.59 bits per heavy atom. The number of hydrogen-bond acceptors (Lipinski definition) is 5. The molecule has 188 valence electrons. The highest BCUT2D eigenvalue weighted by molar-refractivity contribution is 9.10. The van der Waals surface area contributed by atoms with E-state index >= 15 is 0 Å². The monoisotopic (exact) mass is 574 g/mol. The van der Waals surface area contributed by atoms with Crippen LogP contribution in [0.5, 0.6) is 11.5 Å². The van der Waals surface area contributed by atoms with Crippen LogP contribution in [0.3, 0.4) is 0 Å². The van der Waals surface area contributed by atoms with Gasteiger partial charge in [-0.05, 0) is 73.2 Å². The van der Waals surface area contributed by atoms with Gasteiger partial charge in [0.2, 0.25) is 0 Å². The average Bonchev–Trinajstić information content (AvgIpc) is 3.31. The fourth-order valence-electron chi connectivity index (χ4n) is 4.41. The number of nitrogens with one attached hydrogen (secondary N) is 1. The largest absolute Gasteiger partial charge is 0.493 e. The van der Waals surface area contributed by atoms with E-state index in [0.29, 0.717) is 23.7 Å². The van der Waals surface area contributed by atoms with Crippen molar-refractivity contribution in [2.45, 2.75) is 32.3 Å². The van der Waals surface area contributed by atoms with Crippen molar-refractivity contribution in [2.24, 2.45) is 4.99 Å². The number of aliphatic imine (C=N–C) groups is 1. The molecule has 0 bridgehead atoms. The van der Waals surface area contributed by atoms with Crippen LogP contribution in [0, 0.1) is 0 Å². The summed E-state index contributed by atoms with van der Waals surface area (Å²) >= 11 is 5.08. The van der Waals surface area contributed by atoms with Crippen molar-refractivity contribution < 1.29 is 14.3 Å². The summed E-state index contributed by atoms with van der Waals surface area (Å²) in [5, 5.41) is 3.77. The zero-order valence-corrected chi connectivity index (χ0v) is 22.9. The second-order valence-electron chi connectivity index (χ2n) is 8.76. The van der Waals surface area contributed by atoms with Gasteiger partial charge in [0.15, 0.2) is 11.5 Å². The highest BCUT2D eigenvalue weighted by Gasteiger charge is 2.25. The Kier molecular flexibility index (Phi) is 8.02. The number of nitrogens with zero attached hydrogens (tertiary/aromatic N) is 1. The molecule has 0 unspecified atom stereocenters. The standard InChI is InChI=1S/C30H27BrN2O3S/c1-35-25-12-7-8-21(28(25)36-19-20-14-16-22(31)17-15-20)18-32-30-27(24-11-5-6-13-26(24)37-30)29(34)33-23-9-3-2-4-10-23/h2-4,7-10,12,14-18H,5-6,11,13,19H2,1H3,(H,33,34). The quantitative estimate of drug-likeness (QED) is 0.217. The van der Waals surface area contributed by atoms with E-state index in [2.05, 4.69) is 21.2 Å². The molecule has 1 amide bonds. The fraction of sp³-hybridized carbons (Fsp3) is 0.200. The van der Waals surface area contributed by atoms with Crippen molar-refractivity contribution in [3.8, 4) is 11.5 Å². The third-order valence-corrected chi connectivity index (χ3v) is 7.99. The van der Waals surface area contributed by atoms with Gasteiger partial charge in [0.05, 0.1) is 12.7 Å². The Labute approximate surface area is 229 Å². The molecule has 1 aromatic heterocycles. The molecule has 0 aliphatic heterocycles. The van der Waals surface area contributed by atoms with Crippen molar-refractivity contribution in [3.05, 3.63) is 104 Å². The van der Waals surface area contributed by atoms with Crippen molar-refractivity contribution >= 4 is 50.1 Å². The number of anilines is 1. The van der Waals surface area contributed by atoms with Gasteiger partial charge < -0.3 is 14.8 Å². The number of aryl methyl sites for hydroxylation is 1. The number of carbonyl (C=O) groups is 1. The number of fused-ring (bicyclic) bond motifs is 1. The van der Waals surface area contributed by atoms with Gasteiger partial charge >= 0.3 is 0 Å². The number of para-hydroxylation sites is 2. The number of halogens is 1. The average molecular weight is 576 g/mol. The van der Waals surface area contributed by atoms with Gasteiger partial charge in [-0.25, -0.2) is 4.99 Å². The molecule has 37 heavy (non-hydrogen) atoms. The molecule has 7 heteroatoms. The summed E-state index contributed by atoms with van der Waals surface area (Å²) in [4.78, 5) is 19.5. The van der Waals surface area contributed by atoms with Gasteiger partial charge in [0, 0.05) is 26.8 Å². The lowest BCUT2D eigenvalue weighted by Crippen LogP contribution is -2.14. The van der Waals surface area contributed by atoms with Crippen LogP contribution in [0.4, 0.5) is 10.7 Å². The Balaban J connectivity index is 1.45. The lowest BCUT2D eigenvalue weighted by atomic mass is 9.95. The van der Waals surface area contributed by atoms with E-state index < -0.39 is 0 Å². The molecule has 0 saturated carbocycles. The first-order valence-corrected chi connectivity index (χ1v) is 13.8. The molecule has 1 aliphatic carbocycles. The van der Waals surface area contributed by atoms with Gasteiger partial charge in [0.25, 0.3) is 5.91 Å². The van der Waals surface area contributed by atoms with Crippen LogP contribution in [0.15, 0.2) is 82.3 Å². The van der Waals surface area contributed by atoms with Crippen LogP contribution < -0.4 is 14.8 Å². The van der Waals surface area contributed by atoms with Crippen LogP contribution in [-0.2, 0) is 19.4 Å². The zero-order valence-electron chi connectivity index (χ0n) is 20.5. The maximum Gasteiger partial charge on any atom is 0.259 e. The predicted octanol–water partition coefficient (Wildman–Crippen LogP) is 7.98. The number of amides is 1. The summed E-state index contributed by atoms with van der Waals surface area (Å²) in [5.74, 6) is 1.14. The molecule has 0 saturated heterocycles. The summed E-state index contributed by atoms with van der Waals surface area (Å²) in [6.07, 6.45) is 5.89. The van der Waals surface area contributed by atoms with E-state index in [0.717, 1.165) is 57.5 Å². The lowest BCUT2D eigenvalue weighted by Gasteiger charge is -2.13. The topological polar surface area (TPSA) is 59.9 Å². The van der Waals surface area contributed by atoms with Crippen molar-refractivity contribution in [2.75, 3.05) is 12.4 Å². The SMILES string of the molecule is COc1cccc(C=Nc2sc3c(c2C(=O)Nc2ccccc2)CCCC3)c1OCc1ccc(Br)cc1. The van der Waals surface area contributed by atoms with Gasteiger partial charge in [-0.15, -0.1) is 11.3 Å². The molecule has 5 rings (SSSR count). The van der Waals surface area contributed by atoms with Crippen LogP contribution in [0.25, 0.3) is 0 Å². The van der Waals surface area contributed by atoms with Crippen molar-refractivity contribution in [1.82, 2.24) is 0 Å². The summed E-state index contributed by atoms with van der Waals surface area (Å²) in [7, 11) is 1.63. The van der Waals surface area contributed by atoms with Crippen molar-refractivity contribution in [1.29, 1.82) is 0 Å². The van der Waals surface area contributed by atoms with Crippen LogP contribution in [0.1, 0.15) is 44.8 Å². The molecule has 0 radical (unpaired) electrons. The third kappa shape index (κ3) is 5.95. The Morgan fingerprint density at radius 1 is 1.03 bits per heavy atom. The number of benzene rings is 3. The van der Waals surface area contributed by atoms with Gasteiger partial charge in [-0.3, -0.25) is 4.79 Å². The molecule has 4 aromatic rings. The molecular weight excluding hydrogens is 548 g/mol. The number of methoxy groups -OCH3 is 1. The molecule has 0 spiro atoms. The molecule has 3 aromatic carbocycles. The summed E-state index contributed by atoms with van der Waals surface area (Å²) < 4.78 is 12.8. The maximum atomic E-state index is 13.4. The minimum Gasteiger partial charge on any atom is -0.493 e. The van der Waals surface area contributed by atoms with E-state index in [1.165, 1.54) is 4.88 Å². The number of ether oxygens (including phenoxy) is 2. The van der Waals surface area contributed by atoms with E-state index in [4.69, 9.17) is 14.5 Å². The number of rotatable bonds is 8. The molecule has 5 nitrogen and oxygen atoms in total. The van der Waals surface area contributed by atoms with Gasteiger partial charge in [0.1, 0.15) is 11.6 Å². The Bertz CT molecular complexity index is 1420. The second kappa shape index (κ2) is 11.8. The molecule has 1 heterocycles. The fourth-order valence-corrected chi connectivity index (χ4v) is 5.90. The lowest BCUT2D eigenvalue weighted by molar-refractivity contribution is 0.102. The van der Waals surface area contributed by atoms with Crippen molar-refractivity contribution in [3.63, 3.8) is 0 Å². The molecule has 1 N–H and O–H groups in total. The first-order chi connectivity index (χ1) is 18.1. The second-order valence-corrected chi connectivity index (χ2v) is 10.8. The van der Waals surface area contributed by atoms with Gasteiger partial charge in [-0.2, -0.15) is 0 Å². The number of thiophene rings is 1. The predicted molar refractivity (Wildman–Crippen MR) is 154 cm³/mol. The highest BCUT2D eigenvalue weighted by atomic mass is 79.9. The summed E-state index contributed by atoms with van der Waals surface area (Å²) in [5.41, 5.74) is 4.42. The minimum atomic E-state index is -0.116. The molecule has 0 fully saturated rings. The number of carbonyl (C=O) groups excluding carboxylic acids is 1. The first kappa shape index (κ1) is 25.2. The minimum absolute atomic E-state index is 0.116. The maximum absolute atomic E-state index is 13.4. The molecule has 1 aliphatic rings. The van der Waals surface area contributed by atoms with E-state index in [1.807, 2.05) is 72.8 Å². The summed E-state index contributed by atoms with van der Waals surface area (Å²) in [6.45, 7) is 0.395. The molecular formula is C30H27BrN2O3S. The van der Waals surface area contributed by atoms with Crippen LogP contribution in [-0.4, -0.2) is 19.2 Å². The summed E-state index contributed by atoms with van der Waals surface area (Å²) in [6, 6.07) is 23.3. The van der Waals surface area contributed by atoms with Crippen LogP contribution in [0.2, 0.25) is 0 Å². The Morgan fingerprint density at radius 2 is 1.81 bits per heavy atom.